The molecule has 0 radical (unpaired) electrons. The average Bonchev–Trinajstić information content (AvgIpc) is 2.73. The number of para-hydroxylation sites is 1. The molecule has 1 fully saturated rings. The van der Waals surface area contributed by atoms with E-state index in [1.165, 1.54) is 0 Å². The van der Waals surface area contributed by atoms with Crippen molar-refractivity contribution >= 4 is 17.5 Å². The predicted octanol–water partition coefficient (Wildman–Crippen LogP) is 3.32. The van der Waals surface area contributed by atoms with E-state index in [1.807, 2.05) is 23.1 Å². The van der Waals surface area contributed by atoms with Crippen LogP contribution in [0.15, 0.2) is 36.4 Å². The SMILES string of the molecule is COc1ccc(Cl)cc1CN1CCN(C(=O)c2cccc(OC)c2OC)CC1. The third kappa shape index (κ3) is 4.34. The van der Waals surface area contributed by atoms with Crippen LogP contribution >= 0.6 is 11.6 Å². The first-order chi connectivity index (χ1) is 13.6. The molecule has 1 heterocycles. The zero-order chi connectivity index (χ0) is 20.1. The lowest BCUT2D eigenvalue weighted by atomic mass is 10.1. The fourth-order valence-corrected chi connectivity index (χ4v) is 3.64. The summed E-state index contributed by atoms with van der Waals surface area (Å²) in [7, 11) is 4.77. The van der Waals surface area contributed by atoms with E-state index in [1.54, 1.807) is 39.5 Å². The Morgan fingerprint density at radius 3 is 2.32 bits per heavy atom. The summed E-state index contributed by atoms with van der Waals surface area (Å²) in [6.45, 7) is 3.56. The molecule has 0 spiro atoms. The molecule has 2 aromatic rings. The summed E-state index contributed by atoms with van der Waals surface area (Å²) in [5.41, 5.74) is 1.57. The van der Waals surface area contributed by atoms with Gasteiger partial charge in [0.25, 0.3) is 5.91 Å². The molecule has 0 saturated carbocycles. The van der Waals surface area contributed by atoms with E-state index in [9.17, 15) is 4.79 Å². The van der Waals surface area contributed by atoms with Crippen molar-refractivity contribution in [1.82, 2.24) is 9.80 Å². The Bertz CT molecular complexity index is 835. The van der Waals surface area contributed by atoms with Gasteiger partial charge in [0.2, 0.25) is 0 Å². The summed E-state index contributed by atoms with van der Waals surface area (Å²) in [6, 6.07) is 11.0. The molecule has 150 valence electrons. The molecular formula is C21H25ClN2O4. The Morgan fingerprint density at radius 2 is 1.68 bits per heavy atom. The minimum absolute atomic E-state index is 0.0456. The van der Waals surface area contributed by atoms with Crippen molar-refractivity contribution in [2.75, 3.05) is 47.5 Å². The standard InChI is InChI=1S/C21H25ClN2O4/c1-26-18-8-7-16(22)13-15(18)14-23-9-11-24(12-10-23)21(25)17-5-4-6-19(27-2)20(17)28-3/h4-8,13H,9-12,14H2,1-3H3. The van der Waals surface area contributed by atoms with E-state index in [0.29, 0.717) is 35.2 Å². The highest BCUT2D eigenvalue weighted by Gasteiger charge is 2.26. The highest BCUT2D eigenvalue weighted by atomic mass is 35.5. The maximum Gasteiger partial charge on any atom is 0.257 e. The number of amides is 1. The second-order valence-corrected chi connectivity index (χ2v) is 7.00. The largest absolute Gasteiger partial charge is 0.496 e. The minimum atomic E-state index is -0.0456. The van der Waals surface area contributed by atoms with Crippen molar-refractivity contribution < 1.29 is 19.0 Å². The van der Waals surface area contributed by atoms with E-state index in [4.69, 9.17) is 25.8 Å². The molecule has 0 aliphatic carbocycles. The number of ether oxygens (including phenoxy) is 3. The van der Waals surface area contributed by atoms with Gasteiger partial charge in [0.1, 0.15) is 5.75 Å². The second-order valence-electron chi connectivity index (χ2n) is 6.57. The van der Waals surface area contributed by atoms with E-state index in [-0.39, 0.29) is 5.91 Å². The molecule has 0 aromatic heterocycles. The van der Waals surface area contributed by atoms with Gasteiger partial charge in [-0.15, -0.1) is 0 Å². The molecule has 2 aromatic carbocycles. The maximum absolute atomic E-state index is 13.0. The van der Waals surface area contributed by atoms with Gasteiger partial charge in [-0.2, -0.15) is 0 Å². The summed E-state index contributed by atoms with van der Waals surface area (Å²) >= 11 is 6.13. The fraction of sp³-hybridized carbons (Fsp3) is 0.381. The lowest BCUT2D eigenvalue weighted by Crippen LogP contribution is -2.48. The van der Waals surface area contributed by atoms with E-state index < -0.39 is 0 Å². The van der Waals surface area contributed by atoms with Crippen LogP contribution in [0.4, 0.5) is 0 Å². The Morgan fingerprint density at radius 1 is 0.964 bits per heavy atom. The van der Waals surface area contributed by atoms with Crippen LogP contribution in [-0.2, 0) is 6.54 Å². The number of halogens is 1. The minimum Gasteiger partial charge on any atom is -0.496 e. The molecule has 1 amide bonds. The Hall–Kier alpha value is -2.44. The number of rotatable bonds is 6. The van der Waals surface area contributed by atoms with Gasteiger partial charge in [-0.1, -0.05) is 17.7 Å². The lowest BCUT2D eigenvalue weighted by molar-refractivity contribution is 0.0623. The number of nitrogens with zero attached hydrogens (tertiary/aromatic N) is 2. The highest BCUT2D eigenvalue weighted by molar-refractivity contribution is 6.30. The number of carbonyl (C=O) groups is 1. The zero-order valence-electron chi connectivity index (χ0n) is 16.4. The number of hydrogen-bond acceptors (Lipinski definition) is 5. The van der Waals surface area contributed by atoms with Crippen LogP contribution < -0.4 is 14.2 Å². The van der Waals surface area contributed by atoms with Crippen LogP contribution in [0, 0.1) is 0 Å². The van der Waals surface area contributed by atoms with Crippen LogP contribution in [0.25, 0.3) is 0 Å². The van der Waals surface area contributed by atoms with Gasteiger partial charge in [-0.05, 0) is 30.3 Å². The summed E-state index contributed by atoms with van der Waals surface area (Å²) in [4.78, 5) is 17.1. The van der Waals surface area contributed by atoms with Crippen LogP contribution in [0.5, 0.6) is 17.2 Å². The van der Waals surface area contributed by atoms with Gasteiger partial charge >= 0.3 is 0 Å². The Kier molecular flexibility index (Phi) is 6.65. The van der Waals surface area contributed by atoms with Crippen LogP contribution in [-0.4, -0.2) is 63.2 Å². The van der Waals surface area contributed by atoms with Gasteiger partial charge in [-0.3, -0.25) is 9.69 Å². The summed E-state index contributed by atoms with van der Waals surface area (Å²) < 4.78 is 16.1. The molecule has 6 nitrogen and oxygen atoms in total. The average molecular weight is 405 g/mol. The molecule has 0 atom stereocenters. The monoisotopic (exact) mass is 404 g/mol. The first-order valence-corrected chi connectivity index (χ1v) is 9.50. The van der Waals surface area contributed by atoms with Gasteiger partial charge < -0.3 is 19.1 Å². The van der Waals surface area contributed by atoms with Crippen LogP contribution in [0.1, 0.15) is 15.9 Å². The lowest BCUT2D eigenvalue weighted by Gasteiger charge is -2.35. The van der Waals surface area contributed by atoms with Gasteiger partial charge in [-0.25, -0.2) is 0 Å². The highest BCUT2D eigenvalue weighted by Crippen LogP contribution is 2.32. The first-order valence-electron chi connectivity index (χ1n) is 9.12. The molecule has 7 heteroatoms. The summed E-state index contributed by atoms with van der Waals surface area (Å²) in [6.07, 6.45) is 0. The van der Waals surface area contributed by atoms with Crippen molar-refractivity contribution in [3.63, 3.8) is 0 Å². The van der Waals surface area contributed by atoms with E-state index in [0.717, 1.165) is 30.9 Å². The van der Waals surface area contributed by atoms with Gasteiger partial charge in [0.15, 0.2) is 11.5 Å². The maximum atomic E-state index is 13.0. The topological polar surface area (TPSA) is 51.2 Å². The molecule has 1 aliphatic heterocycles. The second kappa shape index (κ2) is 9.17. The molecule has 1 saturated heterocycles. The molecule has 1 aliphatic rings. The molecule has 0 N–H and O–H groups in total. The van der Waals surface area contributed by atoms with Crippen molar-refractivity contribution in [3.8, 4) is 17.2 Å². The third-order valence-electron chi connectivity index (χ3n) is 4.93. The molecule has 3 rings (SSSR count). The first kappa shape index (κ1) is 20.3. The molecule has 0 unspecified atom stereocenters. The Labute approximate surface area is 170 Å². The van der Waals surface area contributed by atoms with Crippen molar-refractivity contribution in [3.05, 3.63) is 52.5 Å². The fourth-order valence-electron chi connectivity index (χ4n) is 3.45. The van der Waals surface area contributed by atoms with E-state index in [2.05, 4.69) is 4.90 Å². The molecule has 28 heavy (non-hydrogen) atoms. The number of piperazine rings is 1. The normalized spacial score (nSPS) is 14.6. The quantitative estimate of drug-likeness (QED) is 0.739. The van der Waals surface area contributed by atoms with Crippen LogP contribution in [0.2, 0.25) is 5.02 Å². The number of benzene rings is 2. The third-order valence-corrected chi connectivity index (χ3v) is 5.16. The number of carbonyl (C=O) groups excluding carboxylic acids is 1. The molecule has 0 bridgehead atoms. The van der Waals surface area contributed by atoms with Crippen molar-refractivity contribution in [2.45, 2.75) is 6.54 Å². The number of methoxy groups -OCH3 is 3. The van der Waals surface area contributed by atoms with Gasteiger partial charge in [0.05, 0.1) is 26.9 Å². The Balaban J connectivity index is 1.66. The summed E-state index contributed by atoms with van der Waals surface area (Å²) in [5, 5.41) is 0.690. The van der Waals surface area contributed by atoms with Gasteiger partial charge in [0, 0.05) is 43.3 Å². The van der Waals surface area contributed by atoms with Crippen LogP contribution in [0.3, 0.4) is 0 Å². The summed E-state index contributed by atoms with van der Waals surface area (Å²) in [5.74, 6) is 1.81. The van der Waals surface area contributed by atoms with Crippen molar-refractivity contribution in [1.29, 1.82) is 0 Å². The predicted molar refractivity (Wildman–Crippen MR) is 109 cm³/mol. The molecular weight excluding hydrogens is 380 g/mol. The smallest absolute Gasteiger partial charge is 0.257 e. The van der Waals surface area contributed by atoms with Crippen molar-refractivity contribution in [2.24, 2.45) is 0 Å². The van der Waals surface area contributed by atoms with E-state index >= 15 is 0 Å². The number of hydrogen-bond donors (Lipinski definition) is 0. The zero-order valence-corrected chi connectivity index (χ0v) is 17.2.